The van der Waals surface area contributed by atoms with E-state index in [2.05, 4.69) is 0 Å². The second-order valence-corrected chi connectivity index (χ2v) is 6.92. The molecule has 0 radical (unpaired) electrons. The fraction of sp³-hybridized carbons (Fsp3) is 0.350. The maximum absolute atomic E-state index is 11.0. The van der Waals surface area contributed by atoms with Crippen LogP contribution in [-0.4, -0.2) is 24.3 Å². The fourth-order valence-electron chi connectivity index (χ4n) is 2.10. The molecule has 2 rings (SSSR count). The largest absolute Gasteiger partial charge is 0.494 e. The van der Waals surface area contributed by atoms with E-state index in [1.54, 1.807) is 13.8 Å². The van der Waals surface area contributed by atoms with E-state index in [-0.39, 0.29) is 0 Å². The highest BCUT2D eigenvalue weighted by Crippen LogP contribution is 2.22. The molecule has 4 nitrogen and oxygen atoms in total. The number of benzene rings is 2. The molecule has 0 fully saturated rings. The molecule has 25 heavy (non-hydrogen) atoms. The minimum atomic E-state index is -0.819. The third-order valence-corrected chi connectivity index (χ3v) is 4.22. The Morgan fingerprint density at radius 2 is 1.48 bits per heavy atom. The van der Waals surface area contributed by atoms with Gasteiger partial charge in [-0.2, -0.15) is 0 Å². The summed E-state index contributed by atoms with van der Waals surface area (Å²) in [6.45, 7) is 4.32. The van der Waals surface area contributed by atoms with Gasteiger partial charge in [-0.1, -0.05) is 23.7 Å². The zero-order valence-corrected chi connectivity index (χ0v) is 15.3. The Morgan fingerprint density at radius 3 is 2.00 bits per heavy atom. The first-order valence-corrected chi connectivity index (χ1v) is 8.58. The summed E-state index contributed by atoms with van der Waals surface area (Å²) in [4.78, 5) is 11.0. The molecular weight excluding hydrogens is 340 g/mol. The second kappa shape index (κ2) is 8.77. The topological polar surface area (TPSA) is 55.8 Å². The van der Waals surface area contributed by atoms with Crippen molar-refractivity contribution in [3.05, 3.63) is 59.1 Å². The van der Waals surface area contributed by atoms with Crippen molar-refractivity contribution >= 4 is 17.6 Å². The minimum Gasteiger partial charge on any atom is -0.494 e. The molecule has 0 bridgehead atoms. The summed E-state index contributed by atoms with van der Waals surface area (Å²) in [5.74, 6) is 0.652. The minimum absolute atomic E-state index is 0.357. The molecule has 0 heterocycles. The monoisotopic (exact) mass is 362 g/mol. The molecule has 0 aliphatic carbocycles. The normalized spacial score (nSPS) is 11.2. The van der Waals surface area contributed by atoms with E-state index < -0.39 is 11.4 Å². The summed E-state index contributed by atoms with van der Waals surface area (Å²) < 4.78 is 11.3. The lowest BCUT2D eigenvalue weighted by Crippen LogP contribution is -2.25. The van der Waals surface area contributed by atoms with Crippen LogP contribution in [0.2, 0.25) is 5.02 Å². The van der Waals surface area contributed by atoms with Crippen molar-refractivity contribution in [3.8, 4) is 11.5 Å². The van der Waals surface area contributed by atoms with E-state index in [0.717, 1.165) is 17.2 Å². The van der Waals surface area contributed by atoms with Crippen LogP contribution >= 0.6 is 11.6 Å². The zero-order chi connectivity index (χ0) is 18.3. The number of hydrogen-bond donors (Lipinski definition) is 1. The van der Waals surface area contributed by atoms with Crippen LogP contribution in [0.25, 0.3) is 0 Å². The molecule has 0 saturated carbocycles. The van der Waals surface area contributed by atoms with E-state index in [1.807, 2.05) is 48.5 Å². The van der Waals surface area contributed by atoms with Crippen LogP contribution in [0.4, 0.5) is 0 Å². The van der Waals surface area contributed by atoms with Crippen LogP contribution in [0.5, 0.6) is 11.5 Å². The fourth-order valence-corrected chi connectivity index (χ4v) is 2.23. The Labute approximate surface area is 153 Å². The highest BCUT2D eigenvalue weighted by molar-refractivity contribution is 6.30. The molecule has 0 aliphatic rings. The summed E-state index contributed by atoms with van der Waals surface area (Å²) in [6.07, 6.45) is 1.25. The number of carboxylic acids is 1. The molecule has 2 aromatic carbocycles. The molecule has 1 N–H and O–H groups in total. The molecule has 0 saturated heterocycles. The second-order valence-electron chi connectivity index (χ2n) is 6.48. The zero-order valence-electron chi connectivity index (χ0n) is 14.5. The van der Waals surface area contributed by atoms with Gasteiger partial charge in [0.15, 0.2) is 0 Å². The van der Waals surface area contributed by atoms with Crippen LogP contribution in [0.15, 0.2) is 48.5 Å². The van der Waals surface area contributed by atoms with Gasteiger partial charge in [0.05, 0.1) is 18.6 Å². The number of ether oxygens (including phenoxy) is 2. The van der Waals surface area contributed by atoms with Gasteiger partial charge in [-0.3, -0.25) is 4.79 Å². The van der Waals surface area contributed by atoms with Crippen molar-refractivity contribution in [2.75, 3.05) is 13.2 Å². The smallest absolute Gasteiger partial charge is 0.309 e. The molecule has 0 atom stereocenters. The third-order valence-electron chi connectivity index (χ3n) is 3.97. The van der Waals surface area contributed by atoms with Crippen molar-refractivity contribution in [2.45, 2.75) is 26.7 Å². The first kappa shape index (κ1) is 19.1. The van der Waals surface area contributed by atoms with Crippen molar-refractivity contribution in [3.63, 3.8) is 0 Å². The van der Waals surface area contributed by atoms with Crippen LogP contribution in [0.3, 0.4) is 0 Å². The lowest BCUT2D eigenvalue weighted by molar-refractivity contribution is -0.147. The maximum atomic E-state index is 11.0. The molecule has 0 aromatic heterocycles. The van der Waals surface area contributed by atoms with Crippen LogP contribution < -0.4 is 9.47 Å². The molecule has 134 valence electrons. The summed E-state index contributed by atoms with van der Waals surface area (Å²) in [5, 5.41) is 9.80. The first-order valence-electron chi connectivity index (χ1n) is 8.20. The number of rotatable bonds is 9. The summed E-state index contributed by atoms with van der Waals surface area (Å²) >= 11 is 5.86. The van der Waals surface area contributed by atoms with E-state index >= 15 is 0 Å². The summed E-state index contributed by atoms with van der Waals surface area (Å²) in [6, 6.07) is 15.1. The summed E-state index contributed by atoms with van der Waals surface area (Å²) in [5.41, 5.74) is 0.385. The van der Waals surface area contributed by atoms with E-state index in [4.69, 9.17) is 26.2 Å². The van der Waals surface area contributed by atoms with Crippen LogP contribution in [-0.2, 0) is 11.2 Å². The predicted octanol–water partition coefficient (Wildman–Crippen LogP) is 4.84. The Balaban J connectivity index is 1.74. The van der Waals surface area contributed by atoms with Gasteiger partial charge in [-0.05, 0) is 62.2 Å². The van der Waals surface area contributed by atoms with Gasteiger partial charge in [-0.25, -0.2) is 0 Å². The molecule has 0 amide bonds. The average molecular weight is 363 g/mol. The molecule has 0 aliphatic heterocycles. The van der Waals surface area contributed by atoms with Gasteiger partial charge in [-0.15, -0.1) is 0 Å². The van der Waals surface area contributed by atoms with Gasteiger partial charge in [0.1, 0.15) is 11.5 Å². The number of carbonyl (C=O) groups is 1. The quantitative estimate of drug-likeness (QED) is 0.693. The lowest BCUT2D eigenvalue weighted by atomic mass is 9.90. The lowest BCUT2D eigenvalue weighted by Gasteiger charge is -2.18. The average Bonchev–Trinajstić information content (AvgIpc) is 2.58. The Hall–Kier alpha value is -2.20. The van der Waals surface area contributed by atoms with Gasteiger partial charge in [0.2, 0.25) is 0 Å². The van der Waals surface area contributed by atoms with Gasteiger partial charge >= 0.3 is 5.97 Å². The molecule has 5 heteroatoms. The molecule has 2 aromatic rings. The highest BCUT2D eigenvalue weighted by Gasteiger charge is 2.26. The predicted molar refractivity (Wildman–Crippen MR) is 98.6 cm³/mol. The van der Waals surface area contributed by atoms with Gasteiger partial charge in [0.25, 0.3) is 0 Å². The molecule has 0 unspecified atom stereocenters. The number of carboxylic acid groups (broad SMARTS) is 1. The Bertz CT molecular complexity index is 678. The third kappa shape index (κ3) is 6.31. The Morgan fingerprint density at radius 1 is 0.960 bits per heavy atom. The maximum Gasteiger partial charge on any atom is 0.309 e. The van der Waals surface area contributed by atoms with Gasteiger partial charge in [0, 0.05) is 11.4 Å². The van der Waals surface area contributed by atoms with E-state index in [1.165, 1.54) is 5.56 Å². The highest BCUT2D eigenvalue weighted by atomic mass is 35.5. The van der Waals surface area contributed by atoms with Crippen molar-refractivity contribution in [1.29, 1.82) is 0 Å². The molecular formula is C20H23ClO4. The molecule has 0 spiro atoms. The first-order chi connectivity index (χ1) is 11.9. The number of hydrogen-bond acceptors (Lipinski definition) is 3. The van der Waals surface area contributed by atoms with E-state index in [9.17, 15) is 4.79 Å². The number of aliphatic carboxylic acids is 1. The SMILES string of the molecule is CC(C)(CCOc1ccc(OCCc2ccc(Cl)cc2)cc1)C(=O)O. The van der Waals surface area contributed by atoms with Crippen LogP contribution in [0.1, 0.15) is 25.8 Å². The Kier molecular flexibility index (Phi) is 6.71. The van der Waals surface area contributed by atoms with Crippen molar-refractivity contribution in [1.82, 2.24) is 0 Å². The summed E-state index contributed by atoms with van der Waals surface area (Å²) in [7, 11) is 0. The van der Waals surface area contributed by atoms with Crippen LogP contribution in [0, 0.1) is 5.41 Å². The van der Waals surface area contributed by atoms with Gasteiger partial charge < -0.3 is 14.6 Å². The standard InChI is InChI=1S/C20H23ClO4/c1-20(2,19(22)23)12-14-25-18-9-7-17(8-10-18)24-13-11-15-3-5-16(21)6-4-15/h3-10H,11-14H2,1-2H3,(H,22,23). The van der Waals surface area contributed by atoms with Crippen molar-refractivity contribution < 1.29 is 19.4 Å². The van der Waals surface area contributed by atoms with Crippen molar-refractivity contribution in [2.24, 2.45) is 5.41 Å². The van der Waals surface area contributed by atoms with E-state index in [0.29, 0.717) is 25.4 Å². The number of halogens is 1.